The highest BCUT2D eigenvalue weighted by molar-refractivity contribution is 5.90. The standard InChI is InChI=1S/C11H10FN3O3/c1-5-2-8(12)7(3-6(5)11(16)17)10-14-9(4-13)18-15-10/h2-3H,4,13H2,1H3,(H,16,17). The molecule has 2 aromatic rings. The van der Waals surface area contributed by atoms with E-state index in [0.29, 0.717) is 5.56 Å². The summed E-state index contributed by atoms with van der Waals surface area (Å²) in [6.07, 6.45) is 0. The SMILES string of the molecule is Cc1cc(F)c(-c2noc(CN)n2)cc1C(=O)O. The molecule has 0 radical (unpaired) electrons. The summed E-state index contributed by atoms with van der Waals surface area (Å²) in [5, 5.41) is 12.5. The van der Waals surface area contributed by atoms with Crippen molar-refractivity contribution in [3.05, 3.63) is 35.0 Å². The molecule has 18 heavy (non-hydrogen) atoms. The maximum atomic E-state index is 13.7. The van der Waals surface area contributed by atoms with Crippen LogP contribution in [0.2, 0.25) is 0 Å². The van der Waals surface area contributed by atoms with Crippen molar-refractivity contribution in [3.63, 3.8) is 0 Å². The van der Waals surface area contributed by atoms with Crippen molar-refractivity contribution in [1.29, 1.82) is 0 Å². The Morgan fingerprint density at radius 2 is 2.28 bits per heavy atom. The Morgan fingerprint density at radius 3 is 2.83 bits per heavy atom. The van der Waals surface area contributed by atoms with E-state index in [4.69, 9.17) is 15.4 Å². The molecule has 2 rings (SSSR count). The highest BCUT2D eigenvalue weighted by Crippen LogP contribution is 2.23. The Balaban J connectivity index is 2.56. The molecule has 0 aliphatic rings. The lowest BCUT2D eigenvalue weighted by atomic mass is 10.0. The van der Waals surface area contributed by atoms with Crippen LogP contribution in [-0.2, 0) is 6.54 Å². The molecular weight excluding hydrogens is 241 g/mol. The minimum Gasteiger partial charge on any atom is -0.478 e. The van der Waals surface area contributed by atoms with Crippen LogP contribution < -0.4 is 5.73 Å². The number of rotatable bonds is 3. The molecule has 1 aromatic heterocycles. The van der Waals surface area contributed by atoms with Crippen LogP contribution in [0.5, 0.6) is 0 Å². The van der Waals surface area contributed by atoms with Crippen molar-refractivity contribution in [3.8, 4) is 11.4 Å². The molecule has 0 aliphatic heterocycles. The van der Waals surface area contributed by atoms with Crippen LogP contribution in [0.4, 0.5) is 4.39 Å². The summed E-state index contributed by atoms with van der Waals surface area (Å²) in [7, 11) is 0. The third kappa shape index (κ3) is 2.07. The van der Waals surface area contributed by atoms with Gasteiger partial charge in [0.2, 0.25) is 11.7 Å². The zero-order chi connectivity index (χ0) is 13.3. The van der Waals surface area contributed by atoms with Crippen molar-refractivity contribution in [1.82, 2.24) is 10.1 Å². The first-order valence-electron chi connectivity index (χ1n) is 5.09. The lowest BCUT2D eigenvalue weighted by Crippen LogP contribution is -2.02. The van der Waals surface area contributed by atoms with Gasteiger partial charge in [0.25, 0.3) is 0 Å². The van der Waals surface area contributed by atoms with E-state index in [1.54, 1.807) is 0 Å². The fourth-order valence-electron chi connectivity index (χ4n) is 1.52. The number of halogens is 1. The van der Waals surface area contributed by atoms with Crippen molar-refractivity contribution in [2.45, 2.75) is 13.5 Å². The van der Waals surface area contributed by atoms with E-state index < -0.39 is 11.8 Å². The first kappa shape index (κ1) is 12.2. The van der Waals surface area contributed by atoms with Gasteiger partial charge in [-0.2, -0.15) is 4.98 Å². The van der Waals surface area contributed by atoms with E-state index >= 15 is 0 Å². The average molecular weight is 251 g/mol. The Kier molecular flexibility index (Phi) is 3.07. The van der Waals surface area contributed by atoms with Gasteiger partial charge in [0, 0.05) is 0 Å². The molecule has 1 aromatic carbocycles. The molecule has 0 fully saturated rings. The fourth-order valence-corrected chi connectivity index (χ4v) is 1.52. The molecule has 0 saturated carbocycles. The number of benzene rings is 1. The smallest absolute Gasteiger partial charge is 0.335 e. The van der Waals surface area contributed by atoms with Crippen molar-refractivity contribution in [2.75, 3.05) is 0 Å². The fraction of sp³-hybridized carbons (Fsp3) is 0.182. The van der Waals surface area contributed by atoms with Crippen LogP contribution in [0, 0.1) is 12.7 Å². The molecule has 0 atom stereocenters. The molecule has 0 amide bonds. The van der Waals surface area contributed by atoms with Gasteiger partial charge in [0.15, 0.2) is 0 Å². The summed E-state index contributed by atoms with van der Waals surface area (Å²) in [6.45, 7) is 1.55. The zero-order valence-corrected chi connectivity index (χ0v) is 9.48. The highest BCUT2D eigenvalue weighted by Gasteiger charge is 2.17. The number of aromatic carboxylic acids is 1. The van der Waals surface area contributed by atoms with Gasteiger partial charge in [0.05, 0.1) is 17.7 Å². The monoisotopic (exact) mass is 251 g/mol. The second-order valence-corrected chi connectivity index (χ2v) is 3.67. The van der Waals surface area contributed by atoms with Crippen molar-refractivity contribution >= 4 is 5.97 Å². The Labute approximate surface area is 101 Å². The Morgan fingerprint density at radius 1 is 1.56 bits per heavy atom. The lowest BCUT2D eigenvalue weighted by Gasteiger charge is -2.04. The quantitative estimate of drug-likeness (QED) is 0.853. The predicted molar refractivity (Wildman–Crippen MR) is 59.3 cm³/mol. The summed E-state index contributed by atoms with van der Waals surface area (Å²) in [5.74, 6) is -1.62. The van der Waals surface area contributed by atoms with Crippen molar-refractivity contribution < 1.29 is 18.8 Å². The highest BCUT2D eigenvalue weighted by atomic mass is 19.1. The third-order valence-corrected chi connectivity index (χ3v) is 2.43. The van der Waals surface area contributed by atoms with Gasteiger partial charge in [-0.15, -0.1) is 0 Å². The Bertz CT molecular complexity index is 610. The van der Waals surface area contributed by atoms with E-state index in [-0.39, 0.29) is 29.4 Å². The number of carbonyl (C=O) groups is 1. The molecule has 0 saturated heterocycles. The first-order chi connectivity index (χ1) is 8.52. The van der Waals surface area contributed by atoms with Crippen LogP contribution in [0.3, 0.4) is 0 Å². The number of carboxylic acid groups (broad SMARTS) is 1. The molecule has 94 valence electrons. The van der Waals surface area contributed by atoms with E-state index in [9.17, 15) is 9.18 Å². The summed E-state index contributed by atoms with van der Waals surface area (Å²) < 4.78 is 18.5. The third-order valence-electron chi connectivity index (χ3n) is 2.43. The molecule has 6 nitrogen and oxygen atoms in total. The summed E-state index contributed by atoms with van der Waals surface area (Å²) in [6, 6.07) is 2.30. The van der Waals surface area contributed by atoms with Crippen LogP contribution in [0.25, 0.3) is 11.4 Å². The summed E-state index contributed by atoms with van der Waals surface area (Å²) in [5.41, 5.74) is 5.59. The van der Waals surface area contributed by atoms with Gasteiger partial charge < -0.3 is 15.4 Å². The number of hydrogen-bond acceptors (Lipinski definition) is 5. The molecule has 0 spiro atoms. The van der Waals surface area contributed by atoms with E-state index in [0.717, 1.165) is 6.07 Å². The Hall–Kier alpha value is -2.28. The van der Waals surface area contributed by atoms with E-state index in [1.165, 1.54) is 13.0 Å². The van der Waals surface area contributed by atoms with E-state index in [1.807, 2.05) is 0 Å². The molecule has 0 unspecified atom stereocenters. The van der Waals surface area contributed by atoms with Crippen molar-refractivity contribution in [2.24, 2.45) is 5.73 Å². The number of carboxylic acids is 1. The second-order valence-electron chi connectivity index (χ2n) is 3.67. The number of aromatic nitrogens is 2. The summed E-state index contributed by atoms with van der Waals surface area (Å²) >= 11 is 0. The minimum absolute atomic E-state index is 0.00880. The van der Waals surface area contributed by atoms with Gasteiger partial charge in [-0.25, -0.2) is 9.18 Å². The molecular formula is C11H10FN3O3. The van der Waals surface area contributed by atoms with Crippen LogP contribution in [0.1, 0.15) is 21.8 Å². The van der Waals surface area contributed by atoms with Gasteiger partial charge in [-0.05, 0) is 24.6 Å². The molecule has 0 bridgehead atoms. The van der Waals surface area contributed by atoms with Crippen LogP contribution in [0.15, 0.2) is 16.7 Å². The molecule has 7 heteroatoms. The molecule has 1 heterocycles. The predicted octanol–water partition coefficient (Wildman–Crippen LogP) is 1.34. The van der Waals surface area contributed by atoms with Gasteiger partial charge >= 0.3 is 5.97 Å². The van der Waals surface area contributed by atoms with Gasteiger partial charge in [0.1, 0.15) is 5.82 Å². The number of nitrogens with zero attached hydrogens (tertiary/aromatic N) is 2. The first-order valence-corrected chi connectivity index (χ1v) is 5.09. The zero-order valence-electron chi connectivity index (χ0n) is 9.48. The topological polar surface area (TPSA) is 102 Å². The number of nitrogens with two attached hydrogens (primary N) is 1. The average Bonchev–Trinajstić information content (AvgIpc) is 2.77. The minimum atomic E-state index is -1.14. The largest absolute Gasteiger partial charge is 0.478 e. The lowest BCUT2D eigenvalue weighted by molar-refractivity contribution is 0.0696. The maximum Gasteiger partial charge on any atom is 0.335 e. The van der Waals surface area contributed by atoms with Gasteiger partial charge in [-0.3, -0.25) is 0 Å². The van der Waals surface area contributed by atoms with Crippen LogP contribution >= 0.6 is 0 Å². The number of aryl methyl sites for hydroxylation is 1. The summed E-state index contributed by atoms with van der Waals surface area (Å²) in [4.78, 5) is 14.8. The van der Waals surface area contributed by atoms with Gasteiger partial charge in [-0.1, -0.05) is 5.16 Å². The van der Waals surface area contributed by atoms with E-state index in [2.05, 4.69) is 10.1 Å². The second kappa shape index (κ2) is 4.53. The molecule has 3 N–H and O–H groups in total. The molecule has 0 aliphatic carbocycles. The van der Waals surface area contributed by atoms with Crippen LogP contribution in [-0.4, -0.2) is 21.2 Å². The normalized spacial score (nSPS) is 10.6. The maximum absolute atomic E-state index is 13.7. The number of hydrogen-bond donors (Lipinski definition) is 2.